The van der Waals surface area contributed by atoms with E-state index in [0.29, 0.717) is 17.4 Å². The van der Waals surface area contributed by atoms with Crippen molar-refractivity contribution in [2.45, 2.75) is 52.5 Å². The zero-order valence-corrected chi connectivity index (χ0v) is 14.0. The quantitative estimate of drug-likeness (QED) is 0.870. The van der Waals surface area contributed by atoms with Gasteiger partial charge in [0.2, 0.25) is 0 Å². The number of hydrogen-bond acceptors (Lipinski definition) is 3. The predicted octanol–water partition coefficient (Wildman–Crippen LogP) is 4.72. The van der Waals surface area contributed by atoms with Crippen molar-refractivity contribution in [3.05, 3.63) is 18.2 Å². The molecule has 3 heteroatoms. The summed E-state index contributed by atoms with van der Waals surface area (Å²) in [5.74, 6) is 2.37. The summed E-state index contributed by atoms with van der Waals surface area (Å²) in [5.41, 5.74) is 1.40. The predicted molar refractivity (Wildman–Crippen MR) is 88.4 cm³/mol. The maximum atomic E-state index is 5.51. The van der Waals surface area contributed by atoms with E-state index in [1.165, 1.54) is 25.7 Å². The highest BCUT2D eigenvalue weighted by atomic mass is 16.5. The maximum absolute atomic E-state index is 5.51. The van der Waals surface area contributed by atoms with Crippen LogP contribution in [0, 0.1) is 11.3 Å². The molecule has 0 aliphatic heterocycles. The second-order valence-corrected chi connectivity index (χ2v) is 7.07. The lowest BCUT2D eigenvalue weighted by Gasteiger charge is -2.41. The first-order valence-electron chi connectivity index (χ1n) is 7.94. The van der Waals surface area contributed by atoms with Crippen LogP contribution < -0.4 is 14.8 Å². The molecule has 2 atom stereocenters. The van der Waals surface area contributed by atoms with Crippen molar-refractivity contribution in [1.82, 2.24) is 0 Å². The van der Waals surface area contributed by atoms with Crippen LogP contribution in [0.25, 0.3) is 0 Å². The molecule has 0 radical (unpaired) electrons. The molecule has 1 N–H and O–H groups in total. The third-order valence-electron chi connectivity index (χ3n) is 4.63. The van der Waals surface area contributed by atoms with Crippen LogP contribution in [-0.2, 0) is 0 Å². The molecule has 1 aromatic carbocycles. The van der Waals surface area contributed by atoms with E-state index in [1.807, 2.05) is 12.1 Å². The molecule has 1 aromatic rings. The van der Waals surface area contributed by atoms with E-state index >= 15 is 0 Å². The highest BCUT2D eigenvalue weighted by molar-refractivity contribution is 5.59. The number of nitrogens with one attached hydrogen (secondary N) is 1. The zero-order chi connectivity index (χ0) is 15.5. The highest BCUT2D eigenvalue weighted by Gasteiger charge is 2.34. The SMILES string of the molecule is COc1ccc(NC2CCCCC2C(C)(C)C)c(OC)c1. The summed E-state index contributed by atoms with van der Waals surface area (Å²) in [4.78, 5) is 0. The van der Waals surface area contributed by atoms with Crippen LogP contribution in [-0.4, -0.2) is 20.3 Å². The number of methoxy groups -OCH3 is 2. The number of rotatable bonds is 4. The van der Waals surface area contributed by atoms with E-state index < -0.39 is 0 Å². The zero-order valence-electron chi connectivity index (χ0n) is 14.0. The van der Waals surface area contributed by atoms with Gasteiger partial charge in [-0.1, -0.05) is 33.6 Å². The molecule has 0 spiro atoms. The molecule has 0 saturated heterocycles. The first-order chi connectivity index (χ1) is 9.95. The maximum Gasteiger partial charge on any atom is 0.145 e. The summed E-state index contributed by atoms with van der Waals surface area (Å²) >= 11 is 0. The fourth-order valence-electron chi connectivity index (χ4n) is 3.46. The Labute approximate surface area is 129 Å². The normalized spacial score (nSPS) is 22.7. The van der Waals surface area contributed by atoms with Gasteiger partial charge in [-0.15, -0.1) is 0 Å². The molecule has 118 valence electrons. The average molecular weight is 291 g/mol. The van der Waals surface area contributed by atoms with Gasteiger partial charge in [0.1, 0.15) is 11.5 Å². The molecule has 0 heterocycles. The summed E-state index contributed by atoms with van der Waals surface area (Å²) < 4.78 is 10.8. The molecule has 0 amide bonds. The summed E-state index contributed by atoms with van der Waals surface area (Å²) in [7, 11) is 3.39. The van der Waals surface area contributed by atoms with Crippen LogP contribution in [0.5, 0.6) is 11.5 Å². The Bertz CT molecular complexity index is 465. The minimum atomic E-state index is 0.331. The minimum Gasteiger partial charge on any atom is -0.497 e. The largest absolute Gasteiger partial charge is 0.497 e. The lowest BCUT2D eigenvalue weighted by atomic mass is 9.69. The molecule has 1 saturated carbocycles. The molecule has 0 aromatic heterocycles. The summed E-state index contributed by atoms with van der Waals surface area (Å²) in [6.07, 6.45) is 5.19. The molecule has 1 aliphatic carbocycles. The van der Waals surface area contributed by atoms with Gasteiger partial charge in [-0.3, -0.25) is 0 Å². The average Bonchev–Trinajstić information content (AvgIpc) is 2.47. The van der Waals surface area contributed by atoms with E-state index in [0.717, 1.165) is 17.2 Å². The van der Waals surface area contributed by atoms with Crippen LogP contribution in [0.2, 0.25) is 0 Å². The smallest absolute Gasteiger partial charge is 0.145 e. The number of hydrogen-bond donors (Lipinski definition) is 1. The van der Waals surface area contributed by atoms with E-state index in [9.17, 15) is 0 Å². The van der Waals surface area contributed by atoms with Crippen molar-refractivity contribution in [1.29, 1.82) is 0 Å². The molecule has 0 bridgehead atoms. The fraction of sp³-hybridized carbons (Fsp3) is 0.667. The Morgan fingerprint density at radius 1 is 1.05 bits per heavy atom. The Kier molecular flexibility index (Phi) is 5.02. The molecular formula is C18H29NO2. The standard InChI is InChI=1S/C18H29NO2/c1-18(2,3)14-8-6-7-9-15(14)19-16-11-10-13(20-4)12-17(16)21-5/h10-12,14-15,19H,6-9H2,1-5H3. The van der Waals surface area contributed by atoms with Gasteiger partial charge < -0.3 is 14.8 Å². The van der Waals surface area contributed by atoms with Crippen LogP contribution in [0.4, 0.5) is 5.69 Å². The van der Waals surface area contributed by atoms with Gasteiger partial charge >= 0.3 is 0 Å². The van der Waals surface area contributed by atoms with Crippen molar-refractivity contribution >= 4 is 5.69 Å². The molecule has 1 aliphatic rings. The van der Waals surface area contributed by atoms with Gasteiger partial charge in [0.05, 0.1) is 19.9 Å². The van der Waals surface area contributed by atoms with E-state index in [1.54, 1.807) is 14.2 Å². The van der Waals surface area contributed by atoms with Crippen LogP contribution >= 0.6 is 0 Å². The van der Waals surface area contributed by atoms with Crippen molar-refractivity contribution in [3.8, 4) is 11.5 Å². The number of anilines is 1. The van der Waals surface area contributed by atoms with Gasteiger partial charge in [0.15, 0.2) is 0 Å². The molecule has 2 rings (SSSR count). The van der Waals surface area contributed by atoms with Gasteiger partial charge in [-0.25, -0.2) is 0 Å². The lowest BCUT2D eigenvalue weighted by molar-refractivity contribution is 0.162. The Morgan fingerprint density at radius 2 is 1.76 bits per heavy atom. The molecule has 2 unspecified atom stereocenters. The third-order valence-corrected chi connectivity index (χ3v) is 4.63. The summed E-state index contributed by atoms with van der Waals surface area (Å²) in [6, 6.07) is 6.50. The van der Waals surface area contributed by atoms with Crippen molar-refractivity contribution in [3.63, 3.8) is 0 Å². The van der Waals surface area contributed by atoms with Gasteiger partial charge in [0.25, 0.3) is 0 Å². The van der Waals surface area contributed by atoms with Gasteiger partial charge in [-0.05, 0) is 36.3 Å². The summed E-state index contributed by atoms with van der Waals surface area (Å²) in [6.45, 7) is 7.05. The minimum absolute atomic E-state index is 0.331. The first-order valence-corrected chi connectivity index (χ1v) is 7.94. The third kappa shape index (κ3) is 3.84. The van der Waals surface area contributed by atoms with Crippen molar-refractivity contribution in [2.75, 3.05) is 19.5 Å². The van der Waals surface area contributed by atoms with Crippen LogP contribution in [0.3, 0.4) is 0 Å². The molecule has 3 nitrogen and oxygen atoms in total. The molecular weight excluding hydrogens is 262 g/mol. The molecule has 1 fully saturated rings. The number of benzene rings is 1. The summed E-state index contributed by atoms with van der Waals surface area (Å²) in [5, 5.41) is 3.73. The van der Waals surface area contributed by atoms with Crippen molar-refractivity contribution < 1.29 is 9.47 Å². The monoisotopic (exact) mass is 291 g/mol. The first kappa shape index (κ1) is 16.0. The van der Waals surface area contributed by atoms with Gasteiger partial charge in [-0.2, -0.15) is 0 Å². The van der Waals surface area contributed by atoms with Gasteiger partial charge in [0, 0.05) is 12.1 Å². The van der Waals surface area contributed by atoms with E-state index in [-0.39, 0.29) is 0 Å². The Morgan fingerprint density at radius 3 is 2.38 bits per heavy atom. The molecule has 21 heavy (non-hydrogen) atoms. The topological polar surface area (TPSA) is 30.5 Å². The second-order valence-electron chi connectivity index (χ2n) is 7.07. The Balaban J connectivity index is 2.19. The highest BCUT2D eigenvalue weighted by Crippen LogP contribution is 2.40. The van der Waals surface area contributed by atoms with Crippen LogP contribution in [0.15, 0.2) is 18.2 Å². The fourth-order valence-corrected chi connectivity index (χ4v) is 3.46. The second kappa shape index (κ2) is 6.59. The number of ether oxygens (including phenoxy) is 2. The van der Waals surface area contributed by atoms with E-state index in [4.69, 9.17) is 9.47 Å². The van der Waals surface area contributed by atoms with Crippen LogP contribution in [0.1, 0.15) is 46.5 Å². The Hall–Kier alpha value is -1.38. The van der Waals surface area contributed by atoms with E-state index in [2.05, 4.69) is 32.2 Å². The van der Waals surface area contributed by atoms with Crippen molar-refractivity contribution in [2.24, 2.45) is 11.3 Å². The lowest BCUT2D eigenvalue weighted by Crippen LogP contribution is -2.39.